The molecular formula is C14H22N2O. The maximum Gasteiger partial charge on any atom is 0.0642 e. The summed E-state index contributed by atoms with van der Waals surface area (Å²) in [4.78, 5) is 2.41. The molecule has 0 unspecified atom stereocenters. The van der Waals surface area contributed by atoms with Crippen LogP contribution in [0.1, 0.15) is 19.4 Å². The van der Waals surface area contributed by atoms with E-state index in [1.165, 1.54) is 16.9 Å². The molecule has 0 bridgehead atoms. The van der Waals surface area contributed by atoms with Gasteiger partial charge in [0.25, 0.3) is 0 Å². The first-order chi connectivity index (χ1) is 8.18. The lowest BCUT2D eigenvalue weighted by Crippen LogP contribution is -2.36. The van der Waals surface area contributed by atoms with E-state index in [9.17, 15) is 0 Å². The molecule has 1 aromatic carbocycles. The standard InChI is InChI=1S/C14H22N2O/c1-11(2)15-13-5-4-6-14(12(13)3)16-7-9-17-10-8-16/h4-6,11,15H,7-10H2,1-3H3. The third-order valence-corrected chi connectivity index (χ3v) is 3.10. The van der Waals surface area contributed by atoms with Crippen LogP contribution in [-0.4, -0.2) is 32.3 Å². The molecule has 0 atom stereocenters. The summed E-state index contributed by atoms with van der Waals surface area (Å²) in [6.45, 7) is 10.2. The molecule has 1 N–H and O–H groups in total. The van der Waals surface area contributed by atoms with Gasteiger partial charge in [-0.05, 0) is 38.5 Å². The maximum absolute atomic E-state index is 5.40. The van der Waals surface area contributed by atoms with E-state index >= 15 is 0 Å². The summed E-state index contributed by atoms with van der Waals surface area (Å²) in [6.07, 6.45) is 0. The van der Waals surface area contributed by atoms with Crippen LogP contribution in [0.25, 0.3) is 0 Å². The van der Waals surface area contributed by atoms with Crippen molar-refractivity contribution < 1.29 is 4.74 Å². The van der Waals surface area contributed by atoms with Crippen molar-refractivity contribution in [2.45, 2.75) is 26.8 Å². The van der Waals surface area contributed by atoms with Crippen molar-refractivity contribution in [2.24, 2.45) is 0 Å². The van der Waals surface area contributed by atoms with E-state index in [4.69, 9.17) is 4.74 Å². The summed E-state index contributed by atoms with van der Waals surface area (Å²) in [5, 5.41) is 3.49. The molecular weight excluding hydrogens is 212 g/mol. The molecule has 3 nitrogen and oxygen atoms in total. The first kappa shape index (κ1) is 12.2. The van der Waals surface area contributed by atoms with Gasteiger partial charge in [0.1, 0.15) is 0 Å². The zero-order valence-corrected chi connectivity index (χ0v) is 11.0. The third kappa shape index (κ3) is 2.91. The number of hydrogen-bond donors (Lipinski definition) is 1. The molecule has 94 valence electrons. The van der Waals surface area contributed by atoms with Crippen LogP contribution in [0.4, 0.5) is 11.4 Å². The van der Waals surface area contributed by atoms with Gasteiger partial charge in [-0.15, -0.1) is 0 Å². The van der Waals surface area contributed by atoms with E-state index in [-0.39, 0.29) is 0 Å². The molecule has 0 radical (unpaired) electrons. The van der Waals surface area contributed by atoms with Gasteiger partial charge in [-0.1, -0.05) is 6.07 Å². The smallest absolute Gasteiger partial charge is 0.0642 e. The van der Waals surface area contributed by atoms with Crippen LogP contribution in [0.5, 0.6) is 0 Å². The van der Waals surface area contributed by atoms with Gasteiger partial charge in [-0.25, -0.2) is 0 Å². The second-order valence-electron chi connectivity index (χ2n) is 4.85. The van der Waals surface area contributed by atoms with Crippen LogP contribution in [-0.2, 0) is 4.74 Å². The fourth-order valence-corrected chi connectivity index (χ4v) is 2.24. The molecule has 3 heteroatoms. The number of ether oxygens (including phenoxy) is 1. The van der Waals surface area contributed by atoms with Gasteiger partial charge in [0, 0.05) is 30.5 Å². The molecule has 1 aliphatic heterocycles. The summed E-state index contributed by atoms with van der Waals surface area (Å²) in [5.41, 5.74) is 3.91. The second kappa shape index (κ2) is 5.41. The van der Waals surface area contributed by atoms with Gasteiger partial charge in [-0.2, -0.15) is 0 Å². The Morgan fingerprint density at radius 2 is 1.94 bits per heavy atom. The molecule has 0 amide bonds. The number of nitrogens with one attached hydrogen (secondary N) is 1. The Kier molecular flexibility index (Phi) is 3.89. The minimum atomic E-state index is 0.466. The predicted octanol–water partition coefficient (Wildman–Crippen LogP) is 2.65. The van der Waals surface area contributed by atoms with Crippen molar-refractivity contribution in [3.63, 3.8) is 0 Å². The van der Waals surface area contributed by atoms with Gasteiger partial charge in [0.2, 0.25) is 0 Å². The van der Waals surface area contributed by atoms with Crippen LogP contribution in [0, 0.1) is 6.92 Å². The van der Waals surface area contributed by atoms with Crippen molar-refractivity contribution >= 4 is 11.4 Å². The average molecular weight is 234 g/mol. The summed E-state index contributed by atoms with van der Waals surface area (Å²) < 4.78 is 5.40. The fourth-order valence-electron chi connectivity index (χ4n) is 2.24. The summed E-state index contributed by atoms with van der Waals surface area (Å²) in [5.74, 6) is 0. The van der Waals surface area contributed by atoms with Gasteiger partial charge >= 0.3 is 0 Å². The Labute approximate surface area is 104 Å². The first-order valence-electron chi connectivity index (χ1n) is 6.37. The summed E-state index contributed by atoms with van der Waals surface area (Å²) in [6, 6.07) is 6.95. The average Bonchev–Trinajstić information content (AvgIpc) is 2.32. The topological polar surface area (TPSA) is 24.5 Å². The molecule has 0 aliphatic carbocycles. The number of nitrogens with zero attached hydrogens (tertiary/aromatic N) is 1. The normalized spacial score (nSPS) is 16.4. The van der Waals surface area contributed by atoms with Crippen molar-refractivity contribution in [1.29, 1.82) is 0 Å². The van der Waals surface area contributed by atoms with E-state index in [0.717, 1.165) is 26.3 Å². The molecule has 0 saturated carbocycles. The molecule has 2 rings (SSSR count). The summed E-state index contributed by atoms with van der Waals surface area (Å²) in [7, 11) is 0. The van der Waals surface area contributed by atoms with Gasteiger partial charge in [0.15, 0.2) is 0 Å². The van der Waals surface area contributed by atoms with E-state index in [1.807, 2.05) is 0 Å². The molecule has 1 aromatic rings. The van der Waals surface area contributed by atoms with Crippen molar-refractivity contribution in [2.75, 3.05) is 36.5 Å². The lowest BCUT2D eigenvalue weighted by atomic mass is 10.1. The maximum atomic E-state index is 5.40. The lowest BCUT2D eigenvalue weighted by molar-refractivity contribution is 0.122. The first-order valence-corrected chi connectivity index (χ1v) is 6.37. The van der Waals surface area contributed by atoms with Crippen LogP contribution >= 0.6 is 0 Å². The Morgan fingerprint density at radius 3 is 2.59 bits per heavy atom. The highest BCUT2D eigenvalue weighted by Gasteiger charge is 2.14. The highest BCUT2D eigenvalue weighted by Crippen LogP contribution is 2.27. The highest BCUT2D eigenvalue weighted by molar-refractivity contribution is 5.66. The van der Waals surface area contributed by atoms with E-state index in [1.54, 1.807) is 0 Å². The van der Waals surface area contributed by atoms with Crippen molar-refractivity contribution in [3.05, 3.63) is 23.8 Å². The predicted molar refractivity (Wildman–Crippen MR) is 73.0 cm³/mol. The molecule has 0 spiro atoms. The van der Waals surface area contributed by atoms with Crippen LogP contribution < -0.4 is 10.2 Å². The monoisotopic (exact) mass is 234 g/mol. The number of hydrogen-bond acceptors (Lipinski definition) is 3. The largest absolute Gasteiger partial charge is 0.383 e. The second-order valence-corrected chi connectivity index (χ2v) is 4.85. The Hall–Kier alpha value is -1.22. The SMILES string of the molecule is Cc1c(NC(C)C)cccc1N1CCOCC1. The molecule has 0 aromatic heterocycles. The van der Waals surface area contributed by atoms with E-state index < -0.39 is 0 Å². The Balaban J connectivity index is 2.21. The number of rotatable bonds is 3. The molecule has 1 fully saturated rings. The fraction of sp³-hybridized carbons (Fsp3) is 0.571. The minimum absolute atomic E-state index is 0.466. The van der Waals surface area contributed by atoms with Crippen LogP contribution in [0.2, 0.25) is 0 Å². The van der Waals surface area contributed by atoms with Crippen molar-refractivity contribution in [3.8, 4) is 0 Å². The van der Waals surface area contributed by atoms with Crippen LogP contribution in [0.15, 0.2) is 18.2 Å². The van der Waals surface area contributed by atoms with E-state index in [0.29, 0.717) is 6.04 Å². The van der Waals surface area contributed by atoms with Gasteiger partial charge in [-0.3, -0.25) is 0 Å². The van der Waals surface area contributed by atoms with E-state index in [2.05, 4.69) is 49.2 Å². The van der Waals surface area contributed by atoms with Gasteiger partial charge in [0.05, 0.1) is 13.2 Å². The van der Waals surface area contributed by atoms with Crippen LogP contribution in [0.3, 0.4) is 0 Å². The summed E-state index contributed by atoms with van der Waals surface area (Å²) >= 11 is 0. The zero-order chi connectivity index (χ0) is 12.3. The highest BCUT2D eigenvalue weighted by atomic mass is 16.5. The van der Waals surface area contributed by atoms with Gasteiger partial charge < -0.3 is 15.0 Å². The molecule has 1 saturated heterocycles. The van der Waals surface area contributed by atoms with Crippen molar-refractivity contribution in [1.82, 2.24) is 0 Å². The lowest BCUT2D eigenvalue weighted by Gasteiger charge is -2.31. The third-order valence-electron chi connectivity index (χ3n) is 3.10. The Bertz CT molecular complexity index is 370. The Morgan fingerprint density at radius 1 is 1.24 bits per heavy atom. The number of anilines is 2. The molecule has 1 aliphatic rings. The quantitative estimate of drug-likeness (QED) is 0.870. The zero-order valence-electron chi connectivity index (χ0n) is 11.0. The minimum Gasteiger partial charge on any atom is -0.383 e. The number of morpholine rings is 1. The molecule has 1 heterocycles. The molecule has 17 heavy (non-hydrogen) atoms. The number of benzene rings is 1.